The fourth-order valence-electron chi connectivity index (χ4n) is 2.03. The summed E-state index contributed by atoms with van der Waals surface area (Å²) in [7, 11) is 4.01. The van der Waals surface area contributed by atoms with Crippen LogP contribution in [-0.4, -0.2) is 19.2 Å². The number of hydrogen-bond acceptors (Lipinski definition) is 2. The van der Waals surface area contributed by atoms with Gasteiger partial charge in [0, 0.05) is 19.8 Å². The van der Waals surface area contributed by atoms with Crippen LogP contribution >= 0.6 is 0 Å². The molecule has 2 nitrogen and oxygen atoms in total. The van der Waals surface area contributed by atoms with Crippen molar-refractivity contribution in [1.82, 2.24) is 0 Å². The molecule has 0 heterocycles. The van der Waals surface area contributed by atoms with E-state index in [0.29, 0.717) is 0 Å². The molecule has 0 saturated carbocycles. The zero-order chi connectivity index (χ0) is 13.1. The lowest BCUT2D eigenvalue weighted by atomic mass is 9.97. The molecule has 2 heteroatoms. The first kappa shape index (κ1) is 12.7. The Balaban J connectivity index is 2.29. The Labute approximate surface area is 109 Å². The molecule has 0 bridgehead atoms. The molecular weight excluding hydrogens is 222 g/mol. The van der Waals surface area contributed by atoms with E-state index in [-0.39, 0.29) is 0 Å². The van der Waals surface area contributed by atoms with E-state index in [9.17, 15) is 5.11 Å². The van der Waals surface area contributed by atoms with Crippen molar-refractivity contribution in [1.29, 1.82) is 0 Å². The lowest BCUT2D eigenvalue weighted by molar-refractivity contribution is 0.219. The van der Waals surface area contributed by atoms with E-state index in [4.69, 9.17) is 0 Å². The molecule has 0 radical (unpaired) electrons. The van der Waals surface area contributed by atoms with Crippen LogP contribution in [0.1, 0.15) is 22.8 Å². The van der Waals surface area contributed by atoms with Gasteiger partial charge in [0.1, 0.15) is 6.10 Å². The topological polar surface area (TPSA) is 23.5 Å². The standard InChI is InChI=1S/C16H19NO/c1-12-6-4-5-7-15(12)16(18)13-8-10-14(11-9-13)17(2)3/h4-11,16,18H,1-3H3. The van der Waals surface area contributed by atoms with E-state index in [1.54, 1.807) is 0 Å². The molecule has 0 fully saturated rings. The number of rotatable bonds is 3. The van der Waals surface area contributed by atoms with Crippen molar-refractivity contribution in [2.75, 3.05) is 19.0 Å². The number of benzene rings is 2. The number of hydrogen-bond donors (Lipinski definition) is 1. The highest BCUT2D eigenvalue weighted by Crippen LogP contribution is 2.25. The van der Waals surface area contributed by atoms with Gasteiger partial charge in [-0.1, -0.05) is 36.4 Å². The van der Waals surface area contributed by atoms with Gasteiger partial charge in [-0.25, -0.2) is 0 Å². The van der Waals surface area contributed by atoms with Gasteiger partial charge in [-0.3, -0.25) is 0 Å². The molecule has 94 valence electrons. The highest BCUT2D eigenvalue weighted by atomic mass is 16.3. The van der Waals surface area contributed by atoms with Crippen molar-refractivity contribution in [3.8, 4) is 0 Å². The average Bonchev–Trinajstić information content (AvgIpc) is 2.38. The van der Waals surface area contributed by atoms with Gasteiger partial charge in [-0.15, -0.1) is 0 Å². The minimum atomic E-state index is -0.553. The monoisotopic (exact) mass is 241 g/mol. The van der Waals surface area contributed by atoms with Crippen molar-refractivity contribution in [2.45, 2.75) is 13.0 Å². The average molecular weight is 241 g/mol. The summed E-state index contributed by atoms with van der Waals surface area (Å²) in [4.78, 5) is 2.05. The largest absolute Gasteiger partial charge is 0.384 e. The summed E-state index contributed by atoms with van der Waals surface area (Å²) in [6.07, 6.45) is -0.553. The Kier molecular flexibility index (Phi) is 3.68. The van der Waals surface area contributed by atoms with Crippen LogP contribution in [0.2, 0.25) is 0 Å². The first-order valence-corrected chi connectivity index (χ1v) is 6.10. The van der Waals surface area contributed by atoms with Crippen molar-refractivity contribution >= 4 is 5.69 Å². The molecule has 0 aromatic heterocycles. The first-order valence-electron chi connectivity index (χ1n) is 6.10. The van der Waals surface area contributed by atoms with Crippen LogP contribution in [0, 0.1) is 6.92 Å². The summed E-state index contributed by atoms with van der Waals surface area (Å²) >= 11 is 0. The van der Waals surface area contributed by atoms with Crippen molar-refractivity contribution < 1.29 is 5.11 Å². The highest BCUT2D eigenvalue weighted by molar-refractivity contribution is 5.47. The maximum atomic E-state index is 10.4. The second-order valence-electron chi connectivity index (χ2n) is 4.75. The van der Waals surface area contributed by atoms with E-state index in [1.165, 1.54) is 0 Å². The highest BCUT2D eigenvalue weighted by Gasteiger charge is 2.12. The lowest BCUT2D eigenvalue weighted by Crippen LogP contribution is -2.09. The van der Waals surface area contributed by atoms with E-state index < -0.39 is 6.10 Å². The molecule has 0 spiro atoms. The summed E-state index contributed by atoms with van der Waals surface area (Å²) in [6.45, 7) is 2.02. The Morgan fingerprint density at radius 1 is 0.944 bits per heavy atom. The molecule has 0 amide bonds. The molecule has 0 saturated heterocycles. The minimum Gasteiger partial charge on any atom is -0.384 e. The van der Waals surface area contributed by atoms with E-state index >= 15 is 0 Å². The zero-order valence-corrected chi connectivity index (χ0v) is 11.1. The third-order valence-electron chi connectivity index (χ3n) is 3.21. The number of nitrogens with zero attached hydrogens (tertiary/aromatic N) is 1. The van der Waals surface area contributed by atoms with Crippen LogP contribution in [0.15, 0.2) is 48.5 Å². The Morgan fingerprint density at radius 3 is 2.11 bits per heavy atom. The summed E-state index contributed by atoms with van der Waals surface area (Å²) < 4.78 is 0. The van der Waals surface area contributed by atoms with Crippen LogP contribution in [0.3, 0.4) is 0 Å². The SMILES string of the molecule is Cc1ccccc1C(O)c1ccc(N(C)C)cc1. The molecule has 0 aliphatic carbocycles. The molecule has 1 unspecified atom stereocenters. The fourth-order valence-corrected chi connectivity index (χ4v) is 2.03. The predicted octanol–water partition coefficient (Wildman–Crippen LogP) is 3.14. The Hall–Kier alpha value is -1.80. The van der Waals surface area contributed by atoms with Crippen molar-refractivity contribution in [2.24, 2.45) is 0 Å². The van der Waals surface area contributed by atoms with E-state index in [2.05, 4.69) is 0 Å². The van der Waals surface area contributed by atoms with Crippen LogP contribution in [0.5, 0.6) is 0 Å². The predicted molar refractivity (Wildman–Crippen MR) is 76.0 cm³/mol. The van der Waals surface area contributed by atoms with Crippen LogP contribution in [0.4, 0.5) is 5.69 Å². The number of aliphatic hydroxyl groups excluding tert-OH is 1. The van der Waals surface area contributed by atoms with Crippen LogP contribution < -0.4 is 4.90 Å². The maximum absolute atomic E-state index is 10.4. The summed E-state index contributed by atoms with van der Waals surface area (Å²) in [5.41, 5.74) is 4.14. The van der Waals surface area contributed by atoms with Gasteiger partial charge < -0.3 is 10.0 Å². The van der Waals surface area contributed by atoms with Crippen molar-refractivity contribution in [3.63, 3.8) is 0 Å². The summed E-state index contributed by atoms with van der Waals surface area (Å²) in [5, 5.41) is 10.4. The molecule has 2 aromatic carbocycles. The quantitative estimate of drug-likeness (QED) is 0.892. The Bertz CT molecular complexity index is 517. The second kappa shape index (κ2) is 5.23. The number of anilines is 1. The third-order valence-corrected chi connectivity index (χ3v) is 3.21. The molecule has 0 aliphatic heterocycles. The van der Waals surface area contributed by atoms with Crippen LogP contribution in [-0.2, 0) is 0 Å². The van der Waals surface area contributed by atoms with E-state index in [0.717, 1.165) is 22.4 Å². The molecule has 2 aromatic rings. The van der Waals surface area contributed by atoms with Crippen LogP contribution in [0.25, 0.3) is 0 Å². The van der Waals surface area contributed by atoms with Gasteiger partial charge in [0.2, 0.25) is 0 Å². The van der Waals surface area contributed by atoms with Gasteiger partial charge in [0.25, 0.3) is 0 Å². The van der Waals surface area contributed by atoms with Gasteiger partial charge in [0.15, 0.2) is 0 Å². The smallest absolute Gasteiger partial charge is 0.104 e. The molecule has 1 atom stereocenters. The molecule has 18 heavy (non-hydrogen) atoms. The third kappa shape index (κ3) is 2.54. The normalized spacial score (nSPS) is 12.2. The molecule has 1 N–H and O–H groups in total. The first-order chi connectivity index (χ1) is 8.59. The zero-order valence-electron chi connectivity index (χ0n) is 11.1. The summed E-state index contributed by atoms with van der Waals surface area (Å²) in [5.74, 6) is 0. The van der Waals surface area contributed by atoms with E-state index in [1.807, 2.05) is 74.4 Å². The Morgan fingerprint density at radius 2 is 1.56 bits per heavy atom. The summed E-state index contributed by atoms with van der Waals surface area (Å²) in [6, 6.07) is 15.9. The molecule has 0 aliphatic rings. The lowest BCUT2D eigenvalue weighted by Gasteiger charge is -2.16. The molecular formula is C16H19NO. The minimum absolute atomic E-state index is 0.553. The maximum Gasteiger partial charge on any atom is 0.104 e. The van der Waals surface area contributed by atoms with Gasteiger partial charge in [0.05, 0.1) is 0 Å². The molecule has 2 rings (SSSR count). The number of aryl methyl sites for hydroxylation is 1. The van der Waals surface area contributed by atoms with Gasteiger partial charge in [-0.2, -0.15) is 0 Å². The fraction of sp³-hybridized carbons (Fsp3) is 0.250. The van der Waals surface area contributed by atoms with Gasteiger partial charge in [-0.05, 0) is 35.7 Å². The second-order valence-corrected chi connectivity index (χ2v) is 4.75. The van der Waals surface area contributed by atoms with Crippen molar-refractivity contribution in [3.05, 3.63) is 65.2 Å². The van der Waals surface area contributed by atoms with Gasteiger partial charge >= 0.3 is 0 Å². The number of aliphatic hydroxyl groups is 1.